The van der Waals surface area contributed by atoms with Crippen LogP contribution >= 0.6 is 0 Å². The van der Waals surface area contributed by atoms with Crippen LogP contribution < -0.4 is 15.8 Å². The second kappa shape index (κ2) is 5.56. The zero-order valence-corrected chi connectivity index (χ0v) is 11.3. The third kappa shape index (κ3) is 3.13. The van der Waals surface area contributed by atoms with Gasteiger partial charge in [0.15, 0.2) is 0 Å². The van der Waals surface area contributed by atoms with Gasteiger partial charge in [0.1, 0.15) is 0 Å². The fraction of sp³-hybridized carbons (Fsp3) is 0.286. The molecule has 0 bridgehead atoms. The second-order valence-electron chi connectivity index (χ2n) is 4.37. The molecule has 2 aromatic rings. The largest absolute Gasteiger partial charge is 0.481 e. The molecule has 1 atom stereocenters. The number of hydrogen-bond donors (Lipinski definition) is 2. The Bertz CT molecular complexity index is 571. The molecule has 5 heteroatoms. The molecule has 1 unspecified atom stereocenters. The summed E-state index contributed by atoms with van der Waals surface area (Å²) in [5.74, 6) is 1.08. The summed E-state index contributed by atoms with van der Waals surface area (Å²) >= 11 is 0. The minimum Gasteiger partial charge on any atom is -0.481 e. The maximum Gasteiger partial charge on any atom is 0.226 e. The van der Waals surface area contributed by atoms with E-state index in [9.17, 15) is 0 Å². The number of nitrogen functional groups attached to an aromatic ring is 1. The van der Waals surface area contributed by atoms with Gasteiger partial charge >= 0.3 is 0 Å². The number of benzene rings is 1. The molecule has 100 valence electrons. The van der Waals surface area contributed by atoms with Crippen molar-refractivity contribution in [2.75, 3.05) is 18.2 Å². The maximum atomic E-state index is 5.96. The smallest absolute Gasteiger partial charge is 0.226 e. The molecule has 1 heterocycles. The summed E-state index contributed by atoms with van der Waals surface area (Å²) in [5.41, 5.74) is 8.58. The Morgan fingerprint density at radius 3 is 2.68 bits per heavy atom. The van der Waals surface area contributed by atoms with E-state index in [0.29, 0.717) is 11.8 Å². The quantitative estimate of drug-likeness (QED) is 0.824. The average molecular weight is 258 g/mol. The zero-order chi connectivity index (χ0) is 13.8. The molecule has 0 aliphatic carbocycles. The Morgan fingerprint density at radius 2 is 2.00 bits per heavy atom. The van der Waals surface area contributed by atoms with E-state index in [1.807, 2.05) is 38.1 Å². The van der Waals surface area contributed by atoms with Gasteiger partial charge in [0.25, 0.3) is 0 Å². The van der Waals surface area contributed by atoms with E-state index < -0.39 is 0 Å². The van der Waals surface area contributed by atoms with E-state index >= 15 is 0 Å². The minimum absolute atomic E-state index is 0.0210. The lowest BCUT2D eigenvalue weighted by Gasteiger charge is -2.16. The molecule has 0 amide bonds. The summed E-state index contributed by atoms with van der Waals surface area (Å²) in [5, 5.41) is 3.23. The minimum atomic E-state index is 0.0210. The number of aromatic nitrogens is 2. The highest BCUT2D eigenvalue weighted by atomic mass is 16.5. The first kappa shape index (κ1) is 13.1. The second-order valence-corrected chi connectivity index (χ2v) is 4.37. The SMILES string of the molecule is COc1cc(C)nc(NC(C)c2ccccc2N)n1. The molecule has 0 aliphatic heterocycles. The third-order valence-electron chi connectivity index (χ3n) is 2.85. The monoisotopic (exact) mass is 258 g/mol. The molecule has 0 saturated carbocycles. The van der Waals surface area contributed by atoms with Crippen LogP contribution in [-0.2, 0) is 0 Å². The van der Waals surface area contributed by atoms with Gasteiger partial charge in [-0.3, -0.25) is 0 Å². The summed E-state index contributed by atoms with van der Waals surface area (Å²) in [7, 11) is 1.59. The lowest BCUT2D eigenvalue weighted by atomic mass is 10.1. The highest BCUT2D eigenvalue weighted by Gasteiger charge is 2.10. The van der Waals surface area contributed by atoms with Gasteiger partial charge in [-0.15, -0.1) is 0 Å². The van der Waals surface area contributed by atoms with Crippen molar-refractivity contribution in [1.82, 2.24) is 9.97 Å². The lowest BCUT2D eigenvalue weighted by Crippen LogP contribution is -2.12. The number of nitrogens with one attached hydrogen (secondary N) is 1. The summed E-state index contributed by atoms with van der Waals surface area (Å²) in [6.07, 6.45) is 0. The van der Waals surface area contributed by atoms with E-state index in [4.69, 9.17) is 10.5 Å². The van der Waals surface area contributed by atoms with Crippen LogP contribution in [0, 0.1) is 6.92 Å². The Hall–Kier alpha value is -2.30. The van der Waals surface area contributed by atoms with Gasteiger partial charge in [0.05, 0.1) is 13.2 Å². The normalized spacial score (nSPS) is 11.9. The molecule has 5 nitrogen and oxygen atoms in total. The van der Waals surface area contributed by atoms with E-state index in [-0.39, 0.29) is 6.04 Å². The van der Waals surface area contributed by atoms with Crippen LogP contribution in [0.15, 0.2) is 30.3 Å². The van der Waals surface area contributed by atoms with Crippen molar-refractivity contribution >= 4 is 11.6 Å². The van der Waals surface area contributed by atoms with Crippen molar-refractivity contribution in [3.8, 4) is 5.88 Å². The topological polar surface area (TPSA) is 73.1 Å². The molecule has 1 aromatic carbocycles. The highest BCUT2D eigenvalue weighted by Crippen LogP contribution is 2.23. The number of aryl methyl sites for hydroxylation is 1. The fourth-order valence-electron chi connectivity index (χ4n) is 1.89. The number of rotatable bonds is 4. The van der Waals surface area contributed by atoms with Crippen molar-refractivity contribution in [3.63, 3.8) is 0 Å². The van der Waals surface area contributed by atoms with Gasteiger partial charge in [0.2, 0.25) is 11.8 Å². The predicted octanol–water partition coefficient (Wildman–Crippen LogP) is 2.55. The molecule has 3 N–H and O–H groups in total. The fourth-order valence-corrected chi connectivity index (χ4v) is 1.89. The van der Waals surface area contributed by atoms with Crippen molar-refractivity contribution in [2.24, 2.45) is 0 Å². The summed E-state index contributed by atoms with van der Waals surface area (Å²) in [6, 6.07) is 9.55. The molecular formula is C14H18N4O. The first-order chi connectivity index (χ1) is 9.10. The molecule has 2 rings (SSSR count). The molecule has 19 heavy (non-hydrogen) atoms. The Labute approximate surface area is 112 Å². The number of nitrogens with two attached hydrogens (primary N) is 1. The van der Waals surface area contributed by atoms with Gasteiger partial charge in [0, 0.05) is 17.4 Å². The van der Waals surface area contributed by atoms with Crippen molar-refractivity contribution < 1.29 is 4.74 Å². The molecular weight excluding hydrogens is 240 g/mol. The Morgan fingerprint density at radius 1 is 1.26 bits per heavy atom. The van der Waals surface area contributed by atoms with Gasteiger partial charge in [-0.25, -0.2) is 4.98 Å². The Kier molecular flexibility index (Phi) is 3.85. The summed E-state index contributed by atoms with van der Waals surface area (Å²) in [4.78, 5) is 8.60. The number of anilines is 2. The molecule has 0 aliphatic rings. The molecule has 0 fully saturated rings. The molecule has 0 radical (unpaired) electrons. The van der Waals surface area contributed by atoms with Crippen LogP contribution in [0.3, 0.4) is 0 Å². The van der Waals surface area contributed by atoms with Gasteiger partial charge in [-0.2, -0.15) is 4.98 Å². The first-order valence-electron chi connectivity index (χ1n) is 6.10. The Balaban J connectivity index is 2.21. The van der Waals surface area contributed by atoms with Gasteiger partial charge in [-0.05, 0) is 25.5 Å². The van der Waals surface area contributed by atoms with Crippen molar-refractivity contribution in [2.45, 2.75) is 19.9 Å². The highest BCUT2D eigenvalue weighted by molar-refractivity contribution is 5.50. The standard InChI is InChI=1S/C14H18N4O/c1-9-8-13(19-3)18-14(16-9)17-10(2)11-6-4-5-7-12(11)15/h4-8,10H,15H2,1-3H3,(H,16,17,18). The zero-order valence-electron chi connectivity index (χ0n) is 11.3. The van der Waals surface area contributed by atoms with E-state index in [2.05, 4.69) is 15.3 Å². The van der Waals surface area contributed by atoms with E-state index in [0.717, 1.165) is 16.9 Å². The predicted molar refractivity (Wildman–Crippen MR) is 76.2 cm³/mol. The summed E-state index contributed by atoms with van der Waals surface area (Å²) in [6.45, 7) is 3.92. The number of hydrogen-bond acceptors (Lipinski definition) is 5. The van der Waals surface area contributed by atoms with E-state index in [1.165, 1.54) is 0 Å². The van der Waals surface area contributed by atoms with Crippen LogP contribution in [0.1, 0.15) is 24.2 Å². The van der Waals surface area contributed by atoms with Gasteiger partial charge < -0.3 is 15.8 Å². The number of methoxy groups -OCH3 is 1. The number of para-hydroxylation sites is 1. The third-order valence-corrected chi connectivity index (χ3v) is 2.85. The number of ether oxygens (including phenoxy) is 1. The van der Waals surface area contributed by atoms with Crippen molar-refractivity contribution in [3.05, 3.63) is 41.6 Å². The molecule has 0 spiro atoms. The molecule has 1 aromatic heterocycles. The van der Waals surface area contributed by atoms with Gasteiger partial charge in [-0.1, -0.05) is 18.2 Å². The molecule has 0 saturated heterocycles. The lowest BCUT2D eigenvalue weighted by molar-refractivity contribution is 0.397. The van der Waals surface area contributed by atoms with Crippen LogP contribution in [0.25, 0.3) is 0 Å². The van der Waals surface area contributed by atoms with Crippen LogP contribution in [-0.4, -0.2) is 17.1 Å². The average Bonchev–Trinajstić information content (AvgIpc) is 2.38. The summed E-state index contributed by atoms with van der Waals surface area (Å²) < 4.78 is 5.13. The maximum absolute atomic E-state index is 5.96. The van der Waals surface area contributed by atoms with Crippen LogP contribution in [0.4, 0.5) is 11.6 Å². The van der Waals surface area contributed by atoms with Crippen LogP contribution in [0.5, 0.6) is 5.88 Å². The van der Waals surface area contributed by atoms with Crippen molar-refractivity contribution in [1.29, 1.82) is 0 Å². The van der Waals surface area contributed by atoms with E-state index in [1.54, 1.807) is 13.2 Å². The van der Waals surface area contributed by atoms with Crippen LogP contribution in [0.2, 0.25) is 0 Å². The first-order valence-corrected chi connectivity index (χ1v) is 6.10. The number of nitrogens with zero attached hydrogens (tertiary/aromatic N) is 2.